The third kappa shape index (κ3) is 2.30. The number of hydrogen-bond donors (Lipinski definition) is 0. The van der Waals surface area contributed by atoms with Crippen LogP contribution in [0.4, 0.5) is 0 Å². The second-order valence-corrected chi connectivity index (χ2v) is 3.74. The van der Waals surface area contributed by atoms with Crippen molar-refractivity contribution in [1.82, 2.24) is 9.78 Å². The molecule has 4 heteroatoms. The minimum atomic E-state index is 0.698. The molecule has 0 N–H and O–H groups in total. The fourth-order valence-electron chi connectivity index (χ4n) is 1.31. The van der Waals surface area contributed by atoms with E-state index in [-0.39, 0.29) is 0 Å². The molecule has 0 atom stereocenters. The normalized spacial score (nSPS) is 10.3. The van der Waals surface area contributed by atoms with Crippen LogP contribution in [-0.4, -0.2) is 9.78 Å². The van der Waals surface area contributed by atoms with E-state index in [9.17, 15) is 0 Å². The number of aryl methyl sites for hydroxylation is 2. The number of rotatable bonds is 2. The van der Waals surface area contributed by atoms with Crippen molar-refractivity contribution in [1.29, 1.82) is 0 Å². The summed E-state index contributed by atoms with van der Waals surface area (Å²) in [5, 5.41) is 4.89. The van der Waals surface area contributed by atoms with Crippen LogP contribution >= 0.6 is 11.6 Å². The molecule has 0 aliphatic carbocycles. The molecule has 0 unspecified atom stereocenters. The van der Waals surface area contributed by atoms with Gasteiger partial charge in [0.15, 0.2) is 0 Å². The zero-order valence-electron chi connectivity index (χ0n) is 8.57. The maximum absolute atomic E-state index is 5.78. The van der Waals surface area contributed by atoms with Crippen LogP contribution in [0.1, 0.15) is 5.69 Å². The highest BCUT2D eigenvalue weighted by atomic mass is 35.5. The number of halogens is 1. The van der Waals surface area contributed by atoms with Crippen LogP contribution in [0.3, 0.4) is 0 Å². The molecule has 0 radical (unpaired) electrons. The molecule has 3 nitrogen and oxygen atoms in total. The van der Waals surface area contributed by atoms with Crippen molar-refractivity contribution in [3.05, 3.63) is 41.0 Å². The first-order chi connectivity index (χ1) is 7.15. The van der Waals surface area contributed by atoms with E-state index in [1.54, 1.807) is 16.8 Å². The van der Waals surface area contributed by atoms with Gasteiger partial charge in [0.1, 0.15) is 5.75 Å². The lowest BCUT2D eigenvalue weighted by Gasteiger charge is -2.04. The van der Waals surface area contributed by atoms with E-state index in [0.29, 0.717) is 5.02 Å². The topological polar surface area (TPSA) is 27.1 Å². The summed E-state index contributed by atoms with van der Waals surface area (Å²) in [6.07, 6.45) is 0. The Kier molecular flexibility index (Phi) is 2.64. The molecular formula is C11H11ClN2O. The van der Waals surface area contributed by atoms with Crippen LogP contribution < -0.4 is 4.74 Å². The molecule has 0 aliphatic heterocycles. The summed E-state index contributed by atoms with van der Waals surface area (Å²) >= 11 is 5.78. The predicted octanol–water partition coefficient (Wildman–Crippen LogP) is 3.17. The van der Waals surface area contributed by atoms with Crippen molar-refractivity contribution in [2.45, 2.75) is 6.92 Å². The van der Waals surface area contributed by atoms with E-state index in [0.717, 1.165) is 17.3 Å². The van der Waals surface area contributed by atoms with Crippen LogP contribution in [0.25, 0.3) is 0 Å². The van der Waals surface area contributed by atoms with Gasteiger partial charge in [-0.3, -0.25) is 0 Å². The van der Waals surface area contributed by atoms with E-state index < -0.39 is 0 Å². The van der Waals surface area contributed by atoms with Crippen molar-refractivity contribution < 1.29 is 4.74 Å². The quantitative estimate of drug-likeness (QED) is 0.781. The molecule has 0 spiro atoms. The molecule has 1 aromatic heterocycles. The lowest BCUT2D eigenvalue weighted by Crippen LogP contribution is -1.94. The zero-order valence-corrected chi connectivity index (χ0v) is 9.32. The average Bonchev–Trinajstić information content (AvgIpc) is 2.49. The Morgan fingerprint density at radius 3 is 2.47 bits per heavy atom. The Morgan fingerprint density at radius 1 is 1.27 bits per heavy atom. The molecule has 1 aromatic carbocycles. The van der Waals surface area contributed by atoms with E-state index in [2.05, 4.69) is 5.10 Å². The Balaban J connectivity index is 2.21. The number of nitrogens with zero attached hydrogens (tertiary/aromatic N) is 2. The fraction of sp³-hybridized carbons (Fsp3) is 0.182. The molecule has 0 saturated heterocycles. The van der Waals surface area contributed by atoms with Crippen molar-refractivity contribution in [2.75, 3.05) is 0 Å². The molecule has 0 amide bonds. The largest absolute Gasteiger partial charge is 0.439 e. The molecular weight excluding hydrogens is 212 g/mol. The van der Waals surface area contributed by atoms with Gasteiger partial charge in [0.25, 0.3) is 0 Å². The van der Waals surface area contributed by atoms with Crippen LogP contribution in [0.5, 0.6) is 11.6 Å². The first kappa shape index (κ1) is 10.1. The SMILES string of the molecule is Cc1cc(Oc2ccc(Cl)cc2)n(C)n1. The molecule has 0 saturated carbocycles. The van der Waals surface area contributed by atoms with Gasteiger partial charge in [-0.05, 0) is 31.2 Å². The molecule has 2 rings (SSSR count). The molecule has 0 bridgehead atoms. The number of ether oxygens (including phenoxy) is 1. The second-order valence-electron chi connectivity index (χ2n) is 3.30. The Morgan fingerprint density at radius 2 is 1.93 bits per heavy atom. The minimum Gasteiger partial charge on any atom is -0.439 e. The van der Waals surface area contributed by atoms with Crippen molar-refractivity contribution in [3.63, 3.8) is 0 Å². The lowest BCUT2D eigenvalue weighted by molar-refractivity contribution is 0.430. The van der Waals surface area contributed by atoms with Crippen molar-refractivity contribution in [2.24, 2.45) is 7.05 Å². The average molecular weight is 223 g/mol. The maximum Gasteiger partial charge on any atom is 0.217 e. The molecule has 78 valence electrons. The zero-order chi connectivity index (χ0) is 10.8. The Labute approximate surface area is 93.2 Å². The van der Waals surface area contributed by atoms with Gasteiger partial charge in [-0.2, -0.15) is 5.10 Å². The second kappa shape index (κ2) is 3.95. The van der Waals surface area contributed by atoms with Gasteiger partial charge in [-0.15, -0.1) is 0 Å². The third-order valence-electron chi connectivity index (χ3n) is 2.00. The summed E-state index contributed by atoms with van der Waals surface area (Å²) in [6.45, 7) is 1.93. The van der Waals surface area contributed by atoms with E-state index in [1.165, 1.54) is 0 Å². The van der Waals surface area contributed by atoms with Crippen LogP contribution in [0.2, 0.25) is 5.02 Å². The Bertz CT molecular complexity index is 462. The number of benzene rings is 1. The van der Waals surface area contributed by atoms with Gasteiger partial charge in [-0.25, -0.2) is 4.68 Å². The van der Waals surface area contributed by atoms with Gasteiger partial charge in [0.2, 0.25) is 5.88 Å². The number of aromatic nitrogens is 2. The standard InChI is InChI=1S/C11H11ClN2O/c1-8-7-11(14(2)13-8)15-10-5-3-9(12)4-6-10/h3-7H,1-2H3. The van der Waals surface area contributed by atoms with Gasteiger partial charge in [-0.1, -0.05) is 11.6 Å². The summed E-state index contributed by atoms with van der Waals surface area (Å²) in [6, 6.07) is 9.12. The van der Waals surface area contributed by atoms with E-state index in [1.807, 2.05) is 32.2 Å². The van der Waals surface area contributed by atoms with Crippen LogP contribution in [0, 0.1) is 6.92 Å². The Hall–Kier alpha value is -1.48. The summed E-state index contributed by atoms with van der Waals surface area (Å²) in [5.74, 6) is 1.47. The summed E-state index contributed by atoms with van der Waals surface area (Å²) < 4.78 is 7.33. The first-order valence-electron chi connectivity index (χ1n) is 4.59. The van der Waals surface area contributed by atoms with Gasteiger partial charge in [0.05, 0.1) is 5.69 Å². The third-order valence-corrected chi connectivity index (χ3v) is 2.25. The highest BCUT2D eigenvalue weighted by Crippen LogP contribution is 2.22. The van der Waals surface area contributed by atoms with Crippen molar-refractivity contribution in [3.8, 4) is 11.6 Å². The van der Waals surface area contributed by atoms with Gasteiger partial charge >= 0.3 is 0 Å². The van der Waals surface area contributed by atoms with Crippen LogP contribution in [0.15, 0.2) is 30.3 Å². The highest BCUT2D eigenvalue weighted by molar-refractivity contribution is 6.30. The smallest absolute Gasteiger partial charge is 0.217 e. The highest BCUT2D eigenvalue weighted by Gasteiger charge is 2.03. The summed E-state index contributed by atoms with van der Waals surface area (Å²) in [4.78, 5) is 0. The fourth-order valence-corrected chi connectivity index (χ4v) is 1.43. The molecule has 0 aliphatic rings. The molecule has 15 heavy (non-hydrogen) atoms. The lowest BCUT2D eigenvalue weighted by atomic mass is 10.3. The van der Waals surface area contributed by atoms with E-state index >= 15 is 0 Å². The summed E-state index contributed by atoms with van der Waals surface area (Å²) in [5.41, 5.74) is 0.932. The first-order valence-corrected chi connectivity index (χ1v) is 4.97. The molecule has 1 heterocycles. The van der Waals surface area contributed by atoms with Crippen LogP contribution in [-0.2, 0) is 7.05 Å². The maximum atomic E-state index is 5.78. The van der Waals surface area contributed by atoms with Crippen molar-refractivity contribution >= 4 is 11.6 Å². The summed E-state index contributed by atoms with van der Waals surface area (Å²) in [7, 11) is 1.85. The monoisotopic (exact) mass is 222 g/mol. The van der Waals surface area contributed by atoms with E-state index in [4.69, 9.17) is 16.3 Å². The minimum absolute atomic E-state index is 0.698. The molecule has 2 aromatic rings. The molecule has 0 fully saturated rings. The van der Waals surface area contributed by atoms with Gasteiger partial charge in [0, 0.05) is 18.1 Å². The van der Waals surface area contributed by atoms with Gasteiger partial charge < -0.3 is 4.74 Å². The predicted molar refractivity (Wildman–Crippen MR) is 59.5 cm³/mol. The number of hydrogen-bond acceptors (Lipinski definition) is 2.